The van der Waals surface area contributed by atoms with Crippen LogP contribution in [0.5, 0.6) is 0 Å². The number of carbonyl (C=O) groups is 1. The van der Waals surface area contributed by atoms with Crippen molar-refractivity contribution in [2.45, 2.75) is 39.7 Å². The molecular weight excluding hydrogens is 259 g/mol. The Morgan fingerprint density at radius 1 is 1.40 bits per heavy atom. The number of nitrogens with zero attached hydrogens (tertiary/aromatic N) is 2. The van der Waals surface area contributed by atoms with Gasteiger partial charge in [-0.2, -0.15) is 0 Å². The molecule has 0 aliphatic carbocycles. The summed E-state index contributed by atoms with van der Waals surface area (Å²) in [6.45, 7) is 6.62. The van der Waals surface area contributed by atoms with E-state index in [4.69, 9.17) is 4.74 Å². The van der Waals surface area contributed by atoms with Gasteiger partial charge in [0.05, 0.1) is 17.6 Å². The van der Waals surface area contributed by atoms with Crippen molar-refractivity contribution in [1.29, 1.82) is 0 Å². The zero-order valence-electron chi connectivity index (χ0n) is 12.0. The predicted octanol–water partition coefficient (Wildman–Crippen LogP) is 3.25. The summed E-state index contributed by atoms with van der Waals surface area (Å²) in [5, 5.41) is 0. The van der Waals surface area contributed by atoms with Gasteiger partial charge in [0.1, 0.15) is 17.6 Å². The largest absolute Gasteiger partial charge is 0.465 e. The summed E-state index contributed by atoms with van der Waals surface area (Å²) in [7, 11) is 0. The Morgan fingerprint density at radius 2 is 2.15 bits per heavy atom. The first-order valence-corrected chi connectivity index (χ1v) is 6.94. The number of benzene rings is 1. The Morgan fingerprint density at radius 3 is 2.75 bits per heavy atom. The van der Waals surface area contributed by atoms with Crippen LogP contribution in [0.15, 0.2) is 18.2 Å². The standard InChI is InChI=1S/C15H19FN2O2/c1-4-11(15(19)20-6-3)14-17-12-8-7-10(16)9-13(12)18(14)5-2/h7-9,11H,4-6H2,1-3H3. The molecule has 0 bridgehead atoms. The van der Waals surface area contributed by atoms with Crippen molar-refractivity contribution in [3.05, 3.63) is 29.8 Å². The molecule has 0 N–H and O–H groups in total. The van der Waals surface area contributed by atoms with Gasteiger partial charge >= 0.3 is 5.97 Å². The first kappa shape index (κ1) is 14.5. The highest BCUT2D eigenvalue weighted by molar-refractivity contribution is 5.81. The van der Waals surface area contributed by atoms with E-state index in [0.29, 0.717) is 36.4 Å². The number of halogens is 1. The molecule has 0 spiro atoms. The molecule has 1 aromatic carbocycles. The normalized spacial score (nSPS) is 12.6. The van der Waals surface area contributed by atoms with Crippen LogP contribution in [0.2, 0.25) is 0 Å². The number of esters is 1. The van der Waals surface area contributed by atoms with Crippen LogP contribution in [0.1, 0.15) is 38.9 Å². The molecule has 0 amide bonds. The summed E-state index contributed by atoms with van der Waals surface area (Å²) in [5.41, 5.74) is 1.41. The number of fused-ring (bicyclic) bond motifs is 1. The van der Waals surface area contributed by atoms with Gasteiger partial charge < -0.3 is 9.30 Å². The van der Waals surface area contributed by atoms with Gasteiger partial charge in [-0.3, -0.25) is 4.79 Å². The summed E-state index contributed by atoms with van der Waals surface area (Å²) in [6.07, 6.45) is 0.602. The van der Waals surface area contributed by atoms with Crippen molar-refractivity contribution in [3.8, 4) is 0 Å². The van der Waals surface area contributed by atoms with Gasteiger partial charge in [-0.05, 0) is 38.5 Å². The third kappa shape index (κ3) is 2.53. The number of hydrogen-bond acceptors (Lipinski definition) is 3. The van der Waals surface area contributed by atoms with E-state index in [2.05, 4.69) is 4.98 Å². The van der Waals surface area contributed by atoms with Gasteiger partial charge in [0.15, 0.2) is 0 Å². The Labute approximate surface area is 117 Å². The number of aryl methyl sites for hydroxylation is 1. The lowest BCUT2D eigenvalue weighted by Crippen LogP contribution is -2.19. The molecule has 2 rings (SSSR count). The molecule has 0 aliphatic heterocycles. The average Bonchev–Trinajstić information content (AvgIpc) is 2.77. The van der Waals surface area contributed by atoms with E-state index in [1.165, 1.54) is 12.1 Å². The van der Waals surface area contributed by atoms with E-state index >= 15 is 0 Å². The minimum Gasteiger partial charge on any atom is -0.465 e. The molecule has 5 heteroatoms. The Bertz CT molecular complexity index is 622. The van der Waals surface area contributed by atoms with Gasteiger partial charge in [0.2, 0.25) is 0 Å². The maximum atomic E-state index is 13.4. The van der Waals surface area contributed by atoms with E-state index in [1.54, 1.807) is 13.0 Å². The maximum absolute atomic E-state index is 13.4. The number of ether oxygens (including phenoxy) is 1. The summed E-state index contributed by atoms with van der Waals surface area (Å²) in [6, 6.07) is 4.47. The second-order valence-corrected chi connectivity index (χ2v) is 4.56. The third-order valence-electron chi connectivity index (χ3n) is 3.35. The molecule has 0 radical (unpaired) electrons. The highest BCUT2D eigenvalue weighted by Crippen LogP contribution is 2.26. The van der Waals surface area contributed by atoms with Crippen LogP contribution < -0.4 is 0 Å². The molecule has 2 aromatic rings. The smallest absolute Gasteiger partial charge is 0.316 e. The van der Waals surface area contributed by atoms with Crippen LogP contribution in [0.4, 0.5) is 4.39 Å². The third-order valence-corrected chi connectivity index (χ3v) is 3.35. The van der Waals surface area contributed by atoms with Gasteiger partial charge in [-0.25, -0.2) is 9.37 Å². The van der Waals surface area contributed by atoms with E-state index in [-0.39, 0.29) is 11.8 Å². The fraction of sp³-hybridized carbons (Fsp3) is 0.467. The second-order valence-electron chi connectivity index (χ2n) is 4.56. The van der Waals surface area contributed by atoms with Crippen LogP contribution in [0.3, 0.4) is 0 Å². The van der Waals surface area contributed by atoms with Crippen LogP contribution in [-0.2, 0) is 16.1 Å². The molecular formula is C15H19FN2O2. The number of rotatable bonds is 5. The van der Waals surface area contributed by atoms with Crippen LogP contribution in [0, 0.1) is 5.82 Å². The molecule has 1 heterocycles. The van der Waals surface area contributed by atoms with Gasteiger partial charge in [0.25, 0.3) is 0 Å². The highest BCUT2D eigenvalue weighted by atomic mass is 19.1. The lowest BCUT2D eigenvalue weighted by Gasteiger charge is -2.14. The molecule has 1 unspecified atom stereocenters. The second kappa shape index (κ2) is 6.03. The molecule has 108 valence electrons. The molecule has 20 heavy (non-hydrogen) atoms. The van der Waals surface area contributed by atoms with Crippen molar-refractivity contribution in [1.82, 2.24) is 9.55 Å². The van der Waals surface area contributed by atoms with E-state index in [9.17, 15) is 9.18 Å². The number of carbonyl (C=O) groups excluding carboxylic acids is 1. The zero-order valence-corrected chi connectivity index (χ0v) is 12.0. The minimum absolute atomic E-state index is 0.277. The van der Waals surface area contributed by atoms with Crippen molar-refractivity contribution in [2.24, 2.45) is 0 Å². The first-order valence-electron chi connectivity index (χ1n) is 6.94. The summed E-state index contributed by atoms with van der Waals surface area (Å²) in [5.74, 6) is -0.345. The average molecular weight is 278 g/mol. The Balaban J connectivity index is 2.54. The van der Waals surface area contributed by atoms with Crippen molar-refractivity contribution >= 4 is 17.0 Å². The number of hydrogen-bond donors (Lipinski definition) is 0. The van der Waals surface area contributed by atoms with Crippen molar-refractivity contribution in [2.75, 3.05) is 6.61 Å². The van der Waals surface area contributed by atoms with Gasteiger partial charge in [-0.1, -0.05) is 6.92 Å². The van der Waals surface area contributed by atoms with E-state index < -0.39 is 5.92 Å². The van der Waals surface area contributed by atoms with Gasteiger partial charge in [-0.15, -0.1) is 0 Å². The summed E-state index contributed by atoms with van der Waals surface area (Å²) in [4.78, 5) is 16.5. The number of imidazole rings is 1. The molecule has 0 aliphatic rings. The van der Waals surface area contributed by atoms with E-state index in [1.807, 2.05) is 18.4 Å². The lowest BCUT2D eigenvalue weighted by atomic mass is 10.1. The monoisotopic (exact) mass is 278 g/mol. The van der Waals surface area contributed by atoms with Crippen molar-refractivity contribution < 1.29 is 13.9 Å². The molecule has 1 aromatic heterocycles. The van der Waals surface area contributed by atoms with Crippen molar-refractivity contribution in [3.63, 3.8) is 0 Å². The minimum atomic E-state index is -0.412. The Hall–Kier alpha value is -1.91. The predicted molar refractivity (Wildman–Crippen MR) is 75.0 cm³/mol. The fourth-order valence-electron chi connectivity index (χ4n) is 2.41. The topological polar surface area (TPSA) is 44.1 Å². The lowest BCUT2D eigenvalue weighted by molar-refractivity contribution is -0.145. The van der Waals surface area contributed by atoms with Crippen LogP contribution >= 0.6 is 0 Å². The fourth-order valence-corrected chi connectivity index (χ4v) is 2.41. The summed E-state index contributed by atoms with van der Waals surface area (Å²) < 4.78 is 20.4. The van der Waals surface area contributed by atoms with Gasteiger partial charge in [0, 0.05) is 6.54 Å². The molecule has 0 fully saturated rings. The SMILES string of the molecule is CCOC(=O)C(CC)c1nc2ccc(F)cc2n1CC. The molecule has 0 saturated carbocycles. The molecule has 4 nitrogen and oxygen atoms in total. The number of aromatic nitrogens is 2. The Kier molecular flexibility index (Phi) is 4.37. The molecule has 1 atom stereocenters. The zero-order chi connectivity index (χ0) is 14.7. The maximum Gasteiger partial charge on any atom is 0.316 e. The van der Waals surface area contributed by atoms with E-state index in [0.717, 1.165) is 0 Å². The first-order chi connectivity index (χ1) is 9.62. The summed E-state index contributed by atoms with van der Waals surface area (Å²) >= 11 is 0. The quantitative estimate of drug-likeness (QED) is 0.789. The molecule has 0 saturated heterocycles. The van der Waals surface area contributed by atoms with Crippen LogP contribution in [-0.4, -0.2) is 22.1 Å². The highest BCUT2D eigenvalue weighted by Gasteiger charge is 2.26. The van der Waals surface area contributed by atoms with Crippen LogP contribution in [0.25, 0.3) is 11.0 Å².